The second kappa shape index (κ2) is 10.4. The van der Waals surface area contributed by atoms with Crippen LogP contribution in [0.1, 0.15) is 23.0 Å². The van der Waals surface area contributed by atoms with Crippen molar-refractivity contribution >= 4 is 6.03 Å². The van der Waals surface area contributed by atoms with Crippen LogP contribution in [-0.2, 0) is 6.54 Å². The number of urea groups is 1. The van der Waals surface area contributed by atoms with Gasteiger partial charge in [0.1, 0.15) is 5.82 Å². The van der Waals surface area contributed by atoms with E-state index in [0.717, 1.165) is 11.1 Å². The number of aromatic nitrogens is 4. The highest BCUT2D eigenvalue weighted by molar-refractivity contribution is 5.75. The number of piperazine rings is 1. The fourth-order valence-corrected chi connectivity index (χ4v) is 4.29. The molecule has 1 saturated heterocycles. The van der Waals surface area contributed by atoms with Crippen molar-refractivity contribution in [2.75, 3.05) is 26.2 Å². The monoisotopic (exact) mass is 471 g/mol. The van der Waals surface area contributed by atoms with Gasteiger partial charge in [-0.15, -0.1) is 5.10 Å². The van der Waals surface area contributed by atoms with Gasteiger partial charge in [-0.25, -0.2) is 9.18 Å². The summed E-state index contributed by atoms with van der Waals surface area (Å²) in [5, 5.41) is 15.1. The van der Waals surface area contributed by atoms with Gasteiger partial charge in [-0.2, -0.15) is 4.68 Å². The van der Waals surface area contributed by atoms with E-state index in [1.165, 1.54) is 12.1 Å². The van der Waals surface area contributed by atoms with Crippen molar-refractivity contribution in [3.05, 3.63) is 108 Å². The first-order valence-electron chi connectivity index (χ1n) is 11.6. The fraction of sp³-hybridized carbons (Fsp3) is 0.231. The van der Waals surface area contributed by atoms with Gasteiger partial charge in [-0.05, 0) is 39.8 Å². The minimum Gasteiger partial charge on any atom is -0.327 e. The fourth-order valence-electron chi connectivity index (χ4n) is 4.29. The van der Waals surface area contributed by atoms with E-state index in [1.54, 1.807) is 16.8 Å². The Bertz CT molecular complexity index is 1220. The highest BCUT2D eigenvalue weighted by Crippen LogP contribution is 2.22. The summed E-state index contributed by atoms with van der Waals surface area (Å²) in [5.41, 5.74) is 2.65. The molecule has 1 aliphatic heterocycles. The SMILES string of the molecule is O=C(NC(c1ccccc1)c1ccccc1)N1CCN(Cc2nnnn2-c2cccc(F)c2)CC1. The molecule has 8 nitrogen and oxygen atoms in total. The molecule has 5 rings (SSSR count). The quantitative estimate of drug-likeness (QED) is 0.466. The highest BCUT2D eigenvalue weighted by atomic mass is 19.1. The Labute approximate surface area is 203 Å². The lowest BCUT2D eigenvalue weighted by molar-refractivity contribution is 0.132. The molecule has 0 saturated carbocycles. The number of rotatable bonds is 6. The molecule has 0 atom stereocenters. The molecule has 1 N–H and O–H groups in total. The summed E-state index contributed by atoms with van der Waals surface area (Å²) in [5.74, 6) is 0.287. The summed E-state index contributed by atoms with van der Waals surface area (Å²) in [4.78, 5) is 17.2. The number of nitrogens with zero attached hydrogens (tertiary/aromatic N) is 6. The third-order valence-corrected chi connectivity index (χ3v) is 6.15. The molecule has 9 heteroatoms. The lowest BCUT2D eigenvalue weighted by atomic mass is 9.99. The van der Waals surface area contributed by atoms with Crippen LogP contribution in [0.3, 0.4) is 0 Å². The van der Waals surface area contributed by atoms with Crippen LogP contribution in [0.15, 0.2) is 84.9 Å². The molecule has 2 amide bonds. The molecule has 4 aromatic rings. The molecule has 0 aliphatic carbocycles. The number of carbonyl (C=O) groups is 1. The van der Waals surface area contributed by atoms with Gasteiger partial charge >= 0.3 is 6.03 Å². The van der Waals surface area contributed by atoms with E-state index in [0.29, 0.717) is 44.2 Å². The van der Waals surface area contributed by atoms with E-state index >= 15 is 0 Å². The molecule has 3 aromatic carbocycles. The Morgan fingerprint density at radius 1 is 0.886 bits per heavy atom. The molecule has 1 aliphatic rings. The highest BCUT2D eigenvalue weighted by Gasteiger charge is 2.25. The Balaban J connectivity index is 1.21. The summed E-state index contributed by atoms with van der Waals surface area (Å²) in [6.45, 7) is 3.05. The van der Waals surface area contributed by atoms with Crippen LogP contribution in [0.5, 0.6) is 0 Å². The van der Waals surface area contributed by atoms with Crippen LogP contribution in [-0.4, -0.2) is 62.2 Å². The summed E-state index contributed by atoms with van der Waals surface area (Å²) < 4.78 is 15.2. The second-order valence-electron chi connectivity index (χ2n) is 8.45. The van der Waals surface area contributed by atoms with Crippen LogP contribution in [0, 0.1) is 5.82 Å². The van der Waals surface area contributed by atoms with Crippen molar-refractivity contribution in [2.45, 2.75) is 12.6 Å². The third-order valence-electron chi connectivity index (χ3n) is 6.15. The van der Waals surface area contributed by atoms with Crippen LogP contribution in [0.2, 0.25) is 0 Å². The van der Waals surface area contributed by atoms with E-state index in [-0.39, 0.29) is 17.9 Å². The predicted molar refractivity (Wildman–Crippen MR) is 129 cm³/mol. The lowest BCUT2D eigenvalue weighted by Crippen LogP contribution is -2.52. The number of amides is 2. The zero-order chi connectivity index (χ0) is 24.0. The van der Waals surface area contributed by atoms with Crippen molar-refractivity contribution in [1.82, 2.24) is 35.3 Å². The number of halogens is 1. The van der Waals surface area contributed by atoms with Crippen molar-refractivity contribution in [2.24, 2.45) is 0 Å². The van der Waals surface area contributed by atoms with Crippen LogP contribution in [0.25, 0.3) is 5.69 Å². The van der Waals surface area contributed by atoms with Gasteiger partial charge in [0.15, 0.2) is 5.82 Å². The number of nitrogens with one attached hydrogen (secondary N) is 1. The summed E-state index contributed by atoms with van der Waals surface area (Å²) in [6, 6.07) is 25.8. The van der Waals surface area contributed by atoms with Gasteiger partial charge in [0.2, 0.25) is 0 Å². The van der Waals surface area contributed by atoms with Crippen LogP contribution in [0.4, 0.5) is 9.18 Å². The van der Waals surface area contributed by atoms with Crippen molar-refractivity contribution in [3.8, 4) is 5.69 Å². The van der Waals surface area contributed by atoms with Gasteiger partial charge in [-0.3, -0.25) is 4.90 Å². The maximum Gasteiger partial charge on any atom is 0.318 e. The minimum absolute atomic E-state index is 0.0908. The van der Waals surface area contributed by atoms with Crippen molar-refractivity contribution in [1.29, 1.82) is 0 Å². The van der Waals surface area contributed by atoms with Crippen LogP contribution >= 0.6 is 0 Å². The predicted octanol–water partition coefficient (Wildman–Crippen LogP) is 3.42. The van der Waals surface area contributed by atoms with Crippen LogP contribution < -0.4 is 5.32 Å². The molecule has 0 unspecified atom stereocenters. The number of carbonyl (C=O) groups excluding carboxylic acids is 1. The van der Waals surface area contributed by atoms with Gasteiger partial charge in [0, 0.05) is 26.2 Å². The maximum absolute atomic E-state index is 13.6. The summed E-state index contributed by atoms with van der Waals surface area (Å²) >= 11 is 0. The molecule has 2 heterocycles. The molecule has 0 bridgehead atoms. The van der Waals surface area contributed by atoms with E-state index in [9.17, 15) is 9.18 Å². The van der Waals surface area contributed by atoms with Gasteiger partial charge in [0.25, 0.3) is 0 Å². The zero-order valence-corrected chi connectivity index (χ0v) is 19.2. The summed E-state index contributed by atoms with van der Waals surface area (Å²) in [7, 11) is 0. The first-order valence-corrected chi connectivity index (χ1v) is 11.6. The lowest BCUT2D eigenvalue weighted by Gasteiger charge is -2.35. The molecule has 178 valence electrons. The molecule has 35 heavy (non-hydrogen) atoms. The van der Waals surface area contributed by atoms with E-state index in [4.69, 9.17) is 0 Å². The largest absolute Gasteiger partial charge is 0.327 e. The number of benzene rings is 3. The van der Waals surface area contributed by atoms with Crippen molar-refractivity contribution in [3.63, 3.8) is 0 Å². The average Bonchev–Trinajstić information content (AvgIpc) is 3.37. The van der Waals surface area contributed by atoms with E-state index in [1.807, 2.05) is 65.6 Å². The average molecular weight is 472 g/mol. The maximum atomic E-state index is 13.6. The third kappa shape index (κ3) is 5.36. The first-order chi connectivity index (χ1) is 17.2. The van der Waals surface area contributed by atoms with Gasteiger partial charge < -0.3 is 10.2 Å². The molecule has 1 aromatic heterocycles. The number of hydrogen-bond acceptors (Lipinski definition) is 5. The van der Waals surface area contributed by atoms with E-state index in [2.05, 4.69) is 25.7 Å². The Morgan fingerprint density at radius 3 is 2.17 bits per heavy atom. The molecule has 0 radical (unpaired) electrons. The Morgan fingerprint density at radius 2 is 1.54 bits per heavy atom. The van der Waals surface area contributed by atoms with Gasteiger partial charge in [0.05, 0.1) is 18.3 Å². The van der Waals surface area contributed by atoms with E-state index < -0.39 is 0 Å². The first kappa shape index (κ1) is 22.7. The molecular formula is C26H26FN7O. The zero-order valence-electron chi connectivity index (χ0n) is 19.2. The number of hydrogen-bond donors (Lipinski definition) is 1. The molecule has 1 fully saturated rings. The standard InChI is InChI=1S/C26H26FN7O/c27-22-12-7-13-23(18-22)34-24(29-30-31-34)19-32-14-16-33(17-15-32)26(35)28-25(20-8-3-1-4-9-20)21-10-5-2-6-11-21/h1-13,18,25H,14-17,19H2,(H,28,35). The second-order valence-corrected chi connectivity index (χ2v) is 8.45. The minimum atomic E-state index is -0.340. The Hall–Kier alpha value is -4.11. The Kier molecular flexibility index (Phi) is 6.76. The normalized spacial score (nSPS) is 14.3. The smallest absolute Gasteiger partial charge is 0.318 e. The topological polar surface area (TPSA) is 79.2 Å². The van der Waals surface area contributed by atoms with Crippen molar-refractivity contribution < 1.29 is 9.18 Å². The number of tetrazole rings is 1. The molecular weight excluding hydrogens is 445 g/mol. The van der Waals surface area contributed by atoms with Gasteiger partial charge in [-0.1, -0.05) is 66.7 Å². The summed E-state index contributed by atoms with van der Waals surface area (Å²) in [6.07, 6.45) is 0. The molecule has 0 spiro atoms.